The summed E-state index contributed by atoms with van der Waals surface area (Å²) in [5, 5.41) is 18.5. The number of hydrogen-bond acceptors (Lipinski definition) is 6. The van der Waals surface area contributed by atoms with Crippen LogP contribution in [0, 0.1) is 5.82 Å². The van der Waals surface area contributed by atoms with Crippen LogP contribution in [0.2, 0.25) is 0 Å². The molecule has 5 rings (SSSR count). The van der Waals surface area contributed by atoms with Crippen LogP contribution in [0.1, 0.15) is 5.56 Å². The first kappa shape index (κ1) is 16.1. The van der Waals surface area contributed by atoms with E-state index in [1.165, 1.54) is 10.7 Å². The summed E-state index contributed by atoms with van der Waals surface area (Å²) in [4.78, 5) is 4.52. The van der Waals surface area contributed by atoms with Gasteiger partial charge in [-0.15, -0.1) is 14.8 Å². The van der Waals surface area contributed by atoms with Gasteiger partial charge in [-0.25, -0.2) is 4.39 Å². The lowest BCUT2D eigenvalue weighted by atomic mass is 10.1. The Morgan fingerprint density at radius 2 is 1.63 bits per heavy atom. The summed E-state index contributed by atoms with van der Waals surface area (Å²) >= 11 is 0. The number of aromatic nitrogens is 5. The fourth-order valence-electron chi connectivity index (χ4n) is 3.65. The molecule has 0 unspecified atom stereocenters. The number of tetrazole rings is 1. The molecule has 0 saturated carbocycles. The second-order valence-corrected chi connectivity index (χ2v) is 6.72. The second kappa shape index (κ2) is 6.55. The lowest BCUT2D eigenvalue weighted by Gasteiger charge is -2.35. The topological polar surface area (TPSA) is 62.5 Å². The molecule has 8 heteroatoms. The van der Waals surface area contributed by atoms with Gasteiger partial charge in [-0.2, -0.15) is 0 Å². The summed E-state index contributed by atoms with van der Waals surface area (Å²) < 4.78 is 15.4. The van der Waals surface area contributed by atoms with E-state index in [-0.39, 0.29) is 5.82 Å². The minimum absolute atomic E-state index is 0.142. The molecule has 2 aromatic carbocycles. The monoisotopic (exact) mass is 363 g/mol. The number of fused-ring (bicyclic) bond motifs is 3. The van der Waals surface area contributed by atoms with E-state index in [2.05, 4.69) is 36.5 Å². The standard InChI is InChI=1S/C19H18FN7/c20-17-8-4-1-5-14(17)13-25-9-11-26(12-10-25)19-16-7-3-2-6-15(16)18-21-23-24-27(18)22-19/h1-8H,9-13H2. The molecule has 7 nitrogen and oxygen atoms in total. The molecule has 0 radical (unpaired) electrons. The number of nitrogens with zero attached hydrogens (tertiary/aromatic N) is 7. The molecule has 1 fully saturated rings. The third-order valence-corrected chi connectivity index (χ3v) is 5.08. The summed E-state index contributed by atoms with van der Waals surface area (Å²) in [5.41, 5.74) is 1.40. The second-order valence-electron chi connectivity index (χ2n) is 6.72. The van der Waals surface area contributed by atoms with Crippen LogP contribution in [0.3, 0.4) is 0 Å². The maximum absolute atomic E-state index is 13.9. The van der Waals surface area contributed by atoms with Gasteiger partial charge in [0.25, 0.3) is 0 Å². The van der Waals surface area contributed by atoms with E-state index >= 15 is 0 Å². The van der Waals surface area contributed by atoms with Crippen molar-refractivity contribution in [2.45, 2.75) is 6.54 Å². The average molecular weight is 363 g/mol. The van der Waals surface area contributed by atoms with Crippen molar-refractivity contribution in [1.82, 2.24) is 30.2 Å². The normalized spacial score (nSPS) is 15.7. The lowest BCUT2D eigenvalue weighted by molar-refractivity contribution is 0.246. The highest BCUT2D eigenvalue weighted by Crippen LogP contribution is 2.27. The minimum atomic E-state index is -0.142. The molecule has 0 amide bonds. The third-order valence-electron chi connectivity index (χ3n) is 5.08. The molecular formula is C19H18FN7. The Hall–Kier alpha value is -3.13. The Bertz CT molecular complexity index is 1100. The van der Waals surface area contributed by atoms with E-state index in [9.17, 15) is 4.39 Å². The summed E-state index contributed by atoms with van der Waals surface area (Å²) in [6.45, 7) is 3.95. The van der Waals surface area contributed by atoms with Crippen LogP contribution in [0.4, 0.5) is 10.2 Å². The zero-order chi connectivity index (χ0) is 18.2. The van der Waals surface area contributed by atoms with Gasteiger partial charge < -0.3 is 4.90 Å². The van der Waals surface area contributed by atoms with Crippen molar-refractivity contribution in [2.24, 2.45) is 0 Å². The molecule has 4 aromatic rings. The fraction of sp³-hybridized carbons (Fsp3) is 0.263. The van der Waals surface area contributed by atoms with Crippen LogP contribution in [0.25, 0.3) is 16.4 Å². The van der Waals surface area contributed by atoms with Crippen molar-refractivity contribution in [3.05, 3.63) is 59.9 Å². The van der Waals surface area contributed by atoms with Gasteiger partial charge in [-0.1, -0.05) is 42.5 Å². The summed E-state index contributed by atoms with van der Waals surface area (Å²) in [6, 6.07) is 15.0. The molecule has 2 aromatic heterocycles. The van der Waals surface area contributed by atoms with E-state index in [1.54, 1.807) is 6.07 Å². The minimum Gasteiger partial charge on any atom is -0.352 e. The number of hydrogen-bond donors (Lipinski definition) is 0. The highest BCUT2D eigenvalue weighted by atomic mass is 19.1. The van der Waals surface area contributed by atoms with Crippen molar-refractivity contribution in [1.29, 1.82) is 0 Å². The average Bonchev–Trinajstić information content (AvgIpc) is 3.19. The maximum atomic E-state index is 13.9. The van der Waals surface area contributed by atoms with Gasteiger partial charge in [0.15, 0.2) is 5.82 Å². The SMILES string of the molecule is Fc1ccccc1CN1CCN(c2nn3nnnc3c3ccccc23)CC1. The van der Waals surface area contributed by atoms with Crippen LogP contribution >= 0.6 is 0 Å². The van der Waals surface area contributed by atoms with Crippen LogP contribution in [0.15, 0.2) is 48.5 Å². The first-order valence-electron chi connectivity index (χ1n) is 8.97. The largest absolute Gasteiger partial charge is 0.352 e. The maximum Gasteiger partial charge on any atom is 0.207 e. The van der Waals surface area contributed by atoms with Gasteiger partial charge >= 0.3 is 0 Å². The Balaban J connectivity index is 1.40. The van der Waals surface area contributed by atoms with E-state index in [0.717, 1.165) is 48.3 Å². The Morgan fingerprint density at radius 3 is 2.44 bits per heavy atom. The lowest BCUT2D eigenvalue weighted by Crippen LogP contribution is -2.46. The van der Waals surface area contributed by atoms with Crippen LogP contribution < -0.4 is 4.90 Å². The van der Waals surface area contributed by atoms with Gasteiger partial charge in [0, 0.05) is 49.1 Å². The van der Waals surface area contributed by atoms with Gasteiger partial charge in [-0.05, 0) is 16.5 Å². The van der Waals surface area contributed by atoms with E-state index in [1.807, 2.05) is 30.3 Å². The van der Waals surface area contributed by atoms with Crippen molar-refractivity contribution in [3.63, 3.8) is 0 Å². The Morgan fingerprint density at radius 1 is 0.889 bits per heavy atom. The molecule has 27 heavy (non-hydrogen) atoms. The predicted molar refractivity (Wildman–Crippen MR) is 100.0 cm³/mol. The van der Waals surface area contributed by atoms with E-state index in [0.29, 0.717) is 12.2 Å². The number of benzene rings is 2. The number of piperazine rings is 1. The van der Waals surface area contributed by atoms with Crippen molar-refractivity contribution in [2.75, 3.05) is 31.1 Å². The summed E-state index contributed by atoms with van der Waals surface area (Å²) in [6.07, 6.45) is 0. The Kier molecular flexibility index (Phi) is 3.90. The predicted octanol–water partition coefficient (Wildman–Crippen LogP) is 2.13. The molecule has 0 atom stereocenters. The number of halogens is 1. The zero-order valence-electron chi connectivity index (χ0n) is 14.7. The summed E-state index contributed by atoms with van der Waals surface area (Å²) in [5.74, 6) is 0.743. The number of anilines is 1. The van der Waals surface area contributed by atoms with Gasteiger partial charge in [0.1, 0.15) is 5.82 Å². The van der Waals surface area contributed by atoms with E-state index in [4.69, 9.17) is 0 Å². The van der Waals surface area contributed by atoms with Gasteiger partial charge in [0.05, 0.1) is 0 Å². The van der Waals surface area contributed by atoms with Crippen LogP contribution in [-0.4, -0.2) is 56.3 Å². The first-order chi connectivity index (χ1) is 13.3. The van der Waals surface area contributed by atoms with Gasteiger partial charge in [-0.3, -0.25) is 4.90 Å². The van der Waals surface area contributed by atoms with Gasteiger partial charge in [0.2, 0.25) is 5.65 Å². The highest BCUT2D eigenvalue weighted by Gasteiger charge is 2.22. The van der Waals surface area contributed by atoms with E-state index < -0.39 is 0 Å². The van der Waals surface area contributed by atoms with Crippen molar-refractivity contribution < 1.29 is 4.39 Å². The highest BCUT2D eigenvalue weighted by molar-refractivity contribution is 5.99. The third kappa shape index (κ3) is 2.87. The van der Waals surface area contributed by atoms with Crippen LogP contribution in [0.5, 0.6) is 0 Å². The smallest absolute Gasteiger partial charge is 0.207 e. The molecule has 0 aliphatic carbocycles. The van der Waals surface area contributed by atoms with Crippen LogP contribution in [-0.2, 0) is 6.54 Å². The number of rotatable bonds is 3. The van der Waals surface area contributed by atoms with Crippen molar-refractivity contribution >= 4 is 22.2 Å². The Labute approximate surface area is 155 Å². The molecular weight excluding hydrogens is 345 g/mol. The quantitative estimate of drug-likeness (QED) is 0.556. The molecule has 1 saturated heterocycles. The molecule has 136 valence electrons. The molecule has 0 spiro atoms. The zero-order valence-corrected chi connectivity index (χ0v) is 14.7. The molecule has 0 N–H and O–H groups in total. The first-order valence-corrected chi connectivity index (χ1v) is 8.97. The fourth-order valence-corrected chi connectivity index (χ4v) is 3.65. The molecule has 0 bridgehead atoms. The molecule has 1 aliphatic rings. The summed E-state index contributed by atoms with van der Waals surface area (Å²) in [7, 11) is 0. The van der Waals surface area contributed by atoms with Crippen molar-refractivity contribution in [3.8, 4) is 0 Å². The molecule has 3 heterocycles. The molecule has 1 aliphatic heterocycles.